The molecule has 2 aliphatic rings. The van der Waals surface area contributed by atoms with E-state index >= 15 is 0 Å². The topological polar surface area (TPSA) is 98.8 Å². The normalized spacial score (nSPS) is 18.5. The van der Waals surface area contributed by atoms with Gasteiger partial charge in [0.2, 0.25) is 15.9 Å². The van der Waals surface area contributed by atoms with Gasteiger partial charge in [-0.2, -0.15) is 4.31 Å². The van der Waals surface area contributed by atoms with E-state index in [-0.39, 0.29) is 18.5 Å². The van der Waals surface area contributed by atoms with E-state index in [9.17, 15) is 18.0 Å². The molecule has 2 N–H and O–H groups in total. The van der Waals surface area contributed by atoms with Gasteiger partial charge in [-0.25, -0.2) is 13.2 Å². The van der Waals surface area contributed by atoms with Gasteiger partial charge in [-0.1, -0.05) is 6.07 Å². The fourth-order valence-electron chi connectivity index (χ4n) is 3.64. The van der Waals surface area contributed by atoms with Gasteiger partial charge in [0.25, 0.3) is 0 Å². The van der Waals surface area contributed by atoms with Crippen molar-refractivity contribution in [3.8, 4) is 0 Å². The smallest absolute Gasteiger partial charge is 0.321 e. The molecule has 0 unspecified atom stereocenters. The van der Waals surface area contributed by atoms with Gasteiger partial charge in [0.05, 0.1) is 11.4 Å². The first-order chi connectivity index (χ1) is 13.6. The molecule has 3 amide bonds. The van der Waals surface area contributed by atoms with E-state index < -0.39 is 16.1 Å². The quantitative estimate of drug-likeness (QED) is 0.743. The van der Waals surface area contributed by atoms with Crippen molar-refractivity contribution in [2.75, 3.05) is 32.7 Å². The first-order valence-corrected chi connectivity index (χ1v) is 11.4. The van der Waals surface area contributed by atoms with Gasteiger partial charge in [0.1, 0.15) is 0 Å². The van der Waals surface area contributed by atoms with Crippen molar-refractivity contribution in [3.05, 3.63) is 28.3 Å². The molecule has 0 spiro atoms. The minimum absolute atomic E-state index is 0.0770. The number of amides is 3. The molecule has 1 aromatic rings. The summed E-state index contributed by atoms with van der Waals surface area (Å²) >= 11 is 0. The van der Waals surface area contributed by atoms with E-state index in [0.717, 1.165) is 35.1 Å². The Labute approximate surface area is 172 Å². The van der Waals surface area contributed by atoms with Crippen LogP contribution in [0.1, 0.15) is 35.1 Å². The van der Waals surface area contributed by atoms with Crippen molar-refractivity contribution in [1.82, 2.24) is 19.8 Å². The fourth-order valence-corrected chi connectivity index (χ4v) is 5.64. The molecule has 1 heterocycles. The molecule has 1 aromatic carbocycles. The SMILES string of the molecule is Cc1cc(C)c(C)c(S(=O)(=O)N2CCN(CC(=O)NC(=O)NC3CC3)CC2)c1C. The van der Waals surface area contributed by atoms with Crippen molar-refractivity contribution < 1.29 is 18.0 Å². The molecule has 0 aromatic heterocycles. The number of sulfonamides is 1. The average molecular weight is 423 g/mol. The molecule has 0 atom stereocenters. The number of hydrogen-bond donors (Lipinski definition) is 2. The molecule has 0 bridgehead atoms. The van der Waals surface area contributed by atoms with Crippen LogP contribution in [-0.4, -0.2) is 68.3 Å². The molecule has 1 saturated heterocycles. The predicted octanol–water partition coefficient (Wildman–Crippen LogP) is 1.21. The van der Waals surface area contributed by atoms with Crippen LogP contribution >= 0.6 is 0 Å². The number of nitrogens with one attached hydrogen (secondary N) is 2. The number of hydrogen-bond acceptors (Lipinski definition) is 5. The molecular formula is C20H30N4O4S. The zero-order chi connectivity index (χ0) is 21.3. The van der Waals surface area contributed by atoms with Gasteiger partial charge in [0, 0.05) is 32.2 Å². The number of benzene rings is 1. The number of rotatable bonds is 5. The number of nitrogens with zero attached hydrogens (tertiary/aromatic N) is 2. The molecule has 1 aliphatic carbocycles. The standard InChI is InChI=1S/C20H30N4O4S/c1-13-11-14(2)16(4)19(15(13)3)29(27,28)24-9-7-23(8-10-24)12-18(25)22-20(26)21-17-5-6-17/h11,17H,5-10,12H2,1-4H3,(H2,21,22,25,26). The molecule has 29 heavy (non-hydrogen) atoms. The van der Waals surface area contributed by atoms with E-state index in [2.05, 4.69) is 10.6 Å². The maximum Gasteiger partial charge on any atom is 0.321 e. The Morgan fingerprint density at radius 1 is 1.00 bits per heavy atom. The summed E-state index contributed by atoms with van der Waals surface area (Å²) in [5, 5.41) is 5.04. The largest absolute Gasteiger partial charge is 0.335 e. The van der Waals surface area contributed by atoms with Crippen LogP contribution in [0.15, 0.2) is 11.0 Å². The number of urea groups is 1. The van der Waals surface area contributed by atoms with E-state index in [1.807, 2.05) is 38.7 Å². The molecule has 9 heteroatoms. The number of piperazine rings is 1. The van der Waals surface area contributed by atoms with Gasteiger partial charge in [0.15, 0.2) is 0 Å². The maximum atomic E-state index is 13.3. The highest BCUT2D eigenvalue weighted by atomic mass is 32.2. The highest BCUT2D eigenvalue weighted by Gasteiger charge is 2.32. The monoisotopic (exact) mass is 422 g/mol. The van der Waals surface area contributed by atoms with E-state index in [4.69, 9.17) is 0 Å². The summed E-state index contributed by atoms with van der Waals surface area (Å²) in [6.45, 7) is 9.15. The molecule has 160 valence electrons. The molecule has 8 nitrogen and oxygen atoms in total. The van der Waals surface area contributed by atoms with Crippen LogP contribution in [0, 0.1) is 27.7 Å². The number of carbonyl (C=O) groups excluding carboxylic acids is 2. The summed E-state index contributed by atoms with van der Waals surface area (Å²) in [5.41, 5.74) is 3.51. The van der Waals surface area contributed by atoms with Gasteiger partial charge >= 0.3 is 6.03 Å². The average Bonchev–Trinajstić information content (AvgIpc) is 3.44. The Hall–Kier alpha value is -1.97. The Morgan fingerprint density at radius 2 is 1.55 bits per heavy atom. The van der Waals surface area contributed by atoms with Crippen molar-refractivity contribution in [3.63, 3.8) is 0 Å². The number of imide groups is 1. The third kappa shape index (κ3) is 4.96. The van der Waals surface area contributed by atoms with Gasteiger partial charge in [-0.15, -0.1) is 0 Å². The lowest BCUT2D eigenvalue weighted by Crippen LogP contribution is -2.52. The van der Waals surface area contributed by atoms with Crippen LogP contribution < -0.4 is 10.6 Å². The van der Waals surface area contributed by atoms with Crippen molar-refractivity contribution in [1.29, 1.82) is 0 Å². The summed E-state index contributed by atoms with van der Waals surface area (Å²) in [4.78, 5) is 26.0. The van der Waals surface area contributed by atoms with Gasteiger partial charge < -0.3 is 5.32 Å². The molecule has 2 fully saturated rings. The lowest BCUT2D eigenvalue weighted by molar-refractivity contribution is -0.121. The summed E-state index contributed by atoms with van der Waals surface area (Å²) in [7, 11) is -3.60. The highest BCUT2D eigenvalue weighted by Crippen LogP contribution is 2.29. The van der Waals surface area contributed by atoms with E-state index in [1.165, 1.54) is 4.31 Å². The van der Waals surface area contributed by atoms with Crippen LogP contribution in [0.25, 0.3) is 0 Å². The molecule has 1 saturated carbocycles. The summed E-state index contributed by atoms with van der Waals surface area (Å²) in [6, 6.07) is 1.74. The predicted molar refractivity (Wildman–Crippen MR) is 110 cm³/mol. The third-order valence-electron chi connectivity index (χ3n) is 5.76. The third-order valence-corrected chi connectivity index (χ3v) is 7.93. The summed E-state index contributed by atoms with van der Waals surface area (Å²) < 4.78 is 28.1. The van der Waals surface area contributed by atoms with Gasteiger partial charge in [-0.3, -0.25) is 15.0 Å². The Kier molecular flexibility index (Phi) is 6.30. The van der Waals surface area contributed by atoms with Crippen molar-refractivity contribution in [2.45, 2.75) is 51.5 Å². The van der Waals surface area contributed by atoms with E-state index in [1.54, 1.807) is 0 Å². The number of aryl methyl sites for hydroxylation is 2. The van der Waals surface area contributed by atoms with Crippen LogP contribution in [0.4, 0.5) is 4.79 Å². The maximum absolute atomic E-state index is 13.3. The lowest BCUT2D eigenvalue weighted by atomic mass is 10.0. The van der Waals surface area contributed by atoms with Crippen LogP contribution in [0.2, 0.25) is 0 Å². The Morgan fingerprint density at radius 3 is 2.07 bits per heavy atom. The second-order valence-electron chi connectivity index (χ2n) is 8.07. The van der Waals surface area contributed by atoms with Gasteiger partial charge in [-0.05, 0) is 62.8 Å². The second-order valence-corrected chi connectivity index (χ2v) is 9.94. The minimum atomic E-state index is -3.60. The first-order valence-electron chi connectivity index (χ1n) is 10.00. The summed E-state index contributed by atoms with van der Waals surface area (Å²) in [6.07, 6.45) is 1.91. The molecular weight excluding hydrogens is 392 g/mol. The zero-order valence-corrected chi connectivity index (χ0v) is 18.4. The molecule has 3 rings (SSSR count). The first kappa shape index (κ1) is 21.7. The fraction of sp³-hybridized carbons (Fsp3) is 0.600. The van der Waals surface area contributed by atoms with Crippen LogP contribution in [0.3, 0.4) is 0 Å². The van der Waals surface area contributed by atoms with E-state index in [0.29, 0.717) is 31.1 Å². The van der Waals surface area contributed by atoms with Crippen molar-refractivity contribution >= 4 is 22.0 Å². The Bertz CT molecular complexity index is 891. The number of carbonyl (C=O) groups is 2. The Balaban J connectivity index is 1.60. The second kappa shape index (κ2) is 8.41. The van der Waals surface area contributed by atoms with Crippen LogP contribution in [-0.2, 0) is 14.8 Å². The summed E-state index contributed by atoms with van der Waals surface area (Å²) in [5.74, 6) is -0.375. The van der Waals surface area contributed by atoms with Crippen LogP contribution in [0.5, 0.6) is 0 Å². The minimum Gasteiger partial charge on any atom is -0.335 e. The van der Waals surface area contributed by atoms with Crippen molar-refractivity contribution in [2.24, 2.45) is 0 Å². The lowest BCUT2D eigenvalue weighted by Gasteiger charge is -2.34. The molecule has 1 aliphatic heterocycles. The highest BCUT2D eigenvalue weighted by molar-refractivity contribution is 7.89. The molecule has 0 radical (unpaired) electrons. The zero-order valence-electron chi connectivity index (χ0n) is 17.5.